The van der Waals surface area contributed by atoms with Gasteiger partial charge in [-0.05, 0) is 48.4 Å². The first-order valence-electron chi connectivity index (χ1n) is 9.78. The Morgan fingerprint density at radius 1 is 1.10 bits per heavy atom. The van der Waals surface area contributed by atoms with E-state index in [9.17, 15) is 4.79 Å². The third-order valence-electron chi connectivity index (χ3n) is 5.28. The van der Waals surface area contributed by atoms with E-state index in [0.717, 1.165) is 29.3 Å². The minimum Gasteiger partial charge on any atom is -0.478 e. The molecule has 0 atom stereocenters. The van der Waals surface area contributed by atoms with Crippen LogP contribution in [0.5, 0.6) is 11.5 Å². The van der Waals surface area contributed by atoms with E-state index in [2.05, 4.69) is 9.88 Å². The number of nitrogens with zero attached hydrogens (tertiary/aromatic N) is 2. The number of carbonyl (C=O) groups is 1. The van der Waals surface area contributed by atoms with Crippen molar-refractivity contribution in [2.45, 2.75) is 13.0 Å². The fourth-order valence-electron chi connectivity index (χ4n) is 3.68. The lowest BCUT2D eigenvalue weighted by Gasteiger charge is -2.29. The average Bonchev–Trinajstić information content (AvgIpc) is 3.10. The summed E-state index contributed by atoms with van der Waals surface area (Å²) in [5.74, 6) is 1.52. The summed E-state index contributed by atoms with van der Waals surface area (Å²) in [5.41, 5.74) is 3.38. The predicted octanol–water partition coefficient (Wildman–Crippen LogP) is 4.75. The highest BCUT2D eigenvalue weighted by atomic mass is 35.5. The highest BCUT2D eigenvalue weighted by Gasteiger charge is 2.33. The van der Waals surface area contributed by atoms with Gasteiger partial charge < -0.3 is 9.47 Å². The van der Waals surface area contributed by atoms with Gasteiger partial charge in [-0.3, -0.25) is 14.7 Å². The van der Waals surface area contributed by atoms with Crippen LogP contribution in [0.1, 0.15) is 27.2 Å². The van der Waals surface area contributed by atoms with Gasteiger partial charge in [0.15, 0.2) is 5.76 Å². The second kappa shape index (κ2) is 7.94. The van der Waals surface area contributed by atoms with Crippen LogP contribution in [0.25, 0.3) is 6.08 Å². The molecule has 3 heterocycles. The maximum atomic E-state index is 12.8. The molecule has 0 bridgehead atoms. The summed E-state index contributed by atoms with van der Waals surface area (Å²) < 4.78 is 11.9. The Hall–Kier alpha value is -3.15. The second-order valence-electron chi connectivity index (χ2n) is 7.32. The molecule has 0 radical (unpaired) electrons. The molecule has 150 valence electrons. The van der Waals surface area contributed by atoms with E-state index in [0.29, 0.717) is 30.3 Å². The number of rotatable bonds is 4. The minimum atomic E-state index is -0.128. The summed E-state index contributed by atoms with van der Waals surface area (Å²) in [5, 5.41) is 0.737. The monoisotopic (exact) mass is 418 g/mol. The standard InChI is InChI=1S/C24H19ClN2O3/c25-17-6-4-16(5-7-17)10-12-27-14-20-21(29-15-27)9-8-19-23(28)22(30-24(19)20)13-18-3-1-2-11-26-18/h1-9,11,13H,10,12,14-15H2/b22-13-. The molecule has 0 aliphatic carbocycles. The molecule has 2 aromatic carbocycles. The van der Waals surface area contributed by atoms with E-state index in [4.69, 9.17) is 21.1 Å². The number of Topliss-reactive ketones (excluding diaryl/α,β-unsaturated/α-hetero) is 1. The SMILES string of the molecule is O=C1/C(=C/c2ccccn2)Oc2c1ccc1c2CN(CCc2ccc(Cl)cc2)CO1. The van der Waals surface area contributed by atoms with Crippen LogP contribution in [0.3, 0.4) is 0 Å². The fraction of sp³-hybridized carbons (Fsp3) is 0.167. The zero-order valence-corrected chi connectivity index (χ0v) is 16.9. The van der Waals surface area contributed by atoms with Gasteiger partial charge in [0, 0.05) is 30.4 Å². The molecule has 0 amide bonds. The quantitative estimate of drug-likeness (QED) is 0.572. The van der Waals surface area contributed by atoms with E-state index >= 15 is 0 Å². The number of pyridine rings is 1. The Labute approximate surface area is 179 Å². The lowest BCUT2D eigenvalue weighted by Crippen LogP contribution is -2.33. The molecule has 3 aromatic rings. The van der Waals surface area contributed by atoms with Gasteiger partial charge in [0.25, 0.3) is 0 Å². The molecule has 0 saturated heterocycles. The van der Waals surface area contributed by atoms with Crippen LogP contribution in [0, 0.1) is 0 Å². The number of ketones is 1. The normalized spacial score (nSPS) is 16.7. The number of fused-ring (bicyclic) bond motifs is 3. The molecule has 5 nitrogen and oxygen atoms in total. The Bertz CT molecular complexity index is 1130. The number of ether oxygens (including phenoxy) is 2. The van der Waals surface area contributed by atoms with E-state index < -0.39 is 0 Å². The van der Waals surface area contributed by atoms with Crippen molar-refractivity contribution >= 4 is 23.5 Å². The zero-order chi connectivity index (χ0) is 20.5. The van der Waals surface area contributed by atoms with Crippen molar-refractivity contribution in [3.8, 4) is 11.5 Å². The van der Waals surface area contributed by atoms with Crippen molar-refractivity contribution in [3.05, 3.63) is 94.0 Å². The fourth-order valence-corrected chi connectivity index (χ4v) is 3.81. The van der Waals surface area contributed by atoms with E-state index in [-0.39, 0.29) is 11.5 Å². The Balaban J connectivity index is 1.35. The highest BCUT2D eigenvalue weighted by Crippen LogP contribution is 2.41. The number of allylic oxidation sites excluding steroid dienone is 1. The summed E-state index contributed by atoms with van der Waals surface area (Å²) in [6, 6.07) is 17.1. The van der Waals surface area contributed by atoms with Crippen LogP contribution < -0.4 is 9.47 Å². The summed E-state index contributed by atoms with van der Waals surface area (Å²) in [7, 11) is 0. The molecule has 0 unspecified atom stereocenters. The van der Waals surface area contributed by atoms with Gasteiger partial charge in [-0.1, -0.05) is 29.8 Å². The number of hydrogen-bond donors (Lipinski definition) is 0. The van der Waals surface area contributed by atoms with Crippen LogP contribution in [0.2, 0.25) is 5.02 Å². The van der Waals surface area contributed by atoms with Crippen LogP contribution >= 0.6 is 11.6 Å². The molecule has 6 heteroatoms. The Morgan fingerprint density at radius 2 is 1.97 bits per heavy atom. The van der Waals surface area contributed by atoms with Gasteiger partial charge >= 0.3 is 0 Å². The van der Waals surface area contributed by atoms with Crippen LogP contribution in [0.4, 0.5) is 0 Å². The van der Waals surface area contributed by atoms with Crippen LogP contribution in [-0.4, -0.2) is 28.9 Å². The molecule has 1 aromatic heterocycles. The van der Waals surface area contributed by atoms with Gasteiger partial charge in [0.1, 0.15) is 18.2 Å². The number of aromatic nitrogens is 1. The van der Waals surface area contributed by atoms with Crippen molar-refractivity contribution in [3.63, 3.8) is 0 Å². The van der Waals surface area contributed by atoms with Gasteiger partial charge in [-0.15, -0.1) is 0 Å². The number of carbonyl (C=O) groups excluding carboxylic acids is 1. The van der Waals surface area contributed by atoms with Gasteiger partial charge in [0.05, 0.1) is 16.8 Å². The Morgan fingerprint density at radius 3 is 2.77 bits per heavy atom. The van der Waals surface area contributed by atoms with Crippen molar-refractivity contribution in [1.82, 2.24) is 9.88 Å². The molecule has 2 aliphatic rings. The van der Waals surface area contributed by atoms with Crippen molar-refractivity contribution < 1.29 is 14.3 Å². The topological polar surface area (TPSA) is 51.7 Å². The second-order valence-corrected chi connectivity index (χ2v) is 7.75. The molecule has 0 saturated carbocycles. The van der Waals surface area contributed by atoms with Crippen molar-refractivity contribution in [2.24, 2.45) is 0 Å². The lowest BCUT2D eigenvalue weighted by molar-refractivity contribution is 0.0950. The lowest BCUT2D eigenvalue weighted by atomic mass is 10.0. The number of benzene rings is 2. The average molecular weight is 419 g/mol. The van der Waals surface area contributed by atoms with Gasteiger partial charge in [-0.2, -0.15) is 0 Å². The smallest absolute Gasteiger partial charge is 0.232 e. The third-order valence-corrected chi connectivity index (χ3v) is 5.53. The minimum absolute atomic E-state index is 0.128. The van der Waals surface area contributed by atoms with E-state index in [1.807, 2.05) is 48.5 Å². The molecular weight excluding hydrogens is 400 g/mol. The first-order chi connectivity index (χ1) is 14.7. The van der Waals surface area contributed by atoms with Crippen LogP contribution in [-0.2, 0) is 13.0 Å². The summed E-state index contributed by atoms with van der Waals surface area (Å²) in [6.07, 6.45) is 4.25. The van der Waals surface area contributed by atoms with Crippen LogP contribution in [0.15, 0.2) is 66.6 Å². The first kappa shape index (κ1) is 18.9. The third kappa shape index (κ3) is 3.70. The zero-order valence-electron chi connectivity index (χ0n) is 16.2. The highest BCUT2D eigenvalue weighted by molar-refractivity contribution is 6.30. The molecule has 5 rings (SSSR count). The Kier molecular flexibility index (Phi) is 4.99. The maximum absolute atomic E-state index is 12.8. The molecule has 0 fully saturated rings. The molecular formula is C24H19ClN2O3. The molecule has 0 spiro atoms. The number of hydrogen-bond acceptors (Lipinski definition) is 5. The maximum Gasteiger partial charge on any atom is 0.232 e. The largest absolute Gasteiger partial charge is 0.478 e. The molecule has 2 aliphatic heterocycles. The molecule has 30 heavy (non-hydrogen) atoms. The first-order valence-corrected chi connectivity index (χ1v) is 10.2. The van der Waals surface area contributed by atoms with E-state index in [1.165, 1.54) is 5.56 Å². The van der Waals surface area contributed by atoms with E-state index in [1.54, 1.807) is 18.3 Å². The van der Waals surface area contributed by atoms with Gasteiger partial charge in [-0.25, -0.2) is 0 Å². The molecule has 0 N–H and O–H groups in total. The van der Waals surface area contributed by atoms with Gasteiger partial charge in [0.2, 0.25) is 5.78 Å². The van der Waals surface area contributed by atoms with Crippen molar-refractivity contribution in [2.75, 3.05) is 13.3 Å². The van der Waals surface area contributed by atoms with Crippen molar-refractivity contribution in [1.29, 1.82) is 0 Å². The number of halogens is 1. The summed E-state index contributed by atoms with van der Waals surface area (Å²) in [6.45, 7) is 2.00. The summed E-state index contributed by atoms with van der Waals surface area (Å²) in [4.78, 5) is 19.3. The summed E-state index contributed by atoms with van der Waals surface area (Å²) >= 11 is 5.97. The predicted molar refractivity (Wildman–Crippen MR) is 115 cm³/mol.